The Labute approximate surface area is 148 Å². The number of nitrogens with one attached hydrogen (secondary N) is 1. The summed E-state index contributed by atoms with van der Waals surface area (Å²) < 4.78 is 10.9. The smallest absolute Gasteiger partial charge is 0.176 e. The molecule has 3 rings (SSSR count). The van der Waals surface area contributed by atoms with Crippen molar-refractivity contribution in [2.45, 2.75) is 19.8 Å². The van der Waals surface area contributed by atoms with E-state index in [1.165, 1.54) is 0 Å². The summed E-state index contributed by atoms with van der Waals surface area (Å²) in [4.78, 5) is 6.77. The van der Waals surface area contributed by atoms with E-state index in [0.717, 1.165) is 40.4 Å². The van der Waals surface area contributed by atoms with Crippen LogP contribution < -0.4 is 20.5 Å². The monoisotopic (exact) mass is 340 g/mol. The highest BCUT2D eigenvalue weighted by atomic mass is 16.5. The summed E-state index contributed by atoms with van der Waals surface area (Å²) in [5.41, 5.74) is 10.8. The topological polar surface area (TPSA) is 72.1 Å². The molecule has 2 aromatic carbocycles. The highest BCUT2D eigenvalue weighted by Gasteiger charge is 2.23. The molecule has 6 heteroatoms. The molecule has 0 bridgehead atoms. The summed E-state index contributed by atoms with van der Waals surface area (Å²) in [6.45, 7) is 2.74. The molecular formula is C19H24N4O2. The fourth-order valence-electron chi connectivity index (χ4n) is 3.09. The van der Waals surface area contributed by atoms with Gasteiger partial charge in [0.05, 0.1) is 14.2 Å². The van der Waals surface area contributed by atoms with E-state index in [1.807, 2.05) is 44.5 Å². The van der Waals surface area contributed by atoms with Gasteiger partial charge in [-0.05, 0) is 31.7 Å². The second-order valence-electron chi connectivity index (χ2n) is 6.15. The fraction of sp³-hybridized carbons (Fsp3) is 0.316. The summed E-state index contributed by atoms with van der Waals surface area (Å²) >= 11 is 0. The summed E-state index contributed by atoms with van der Waals surface area (Å²) in [6, 6.07) is 9.85. The lowest BCUT2D eigenvalue weighted by molar-refractivity contribution is 0.263. The van der Waals surface area contributed by atoms with Gasteiger partial charge in [-0.25, -0.2) is 0 Å². The number of anilines is 2. The fourth-order valence-corrected chi connectivity index (χ4v) is 3.09. The maximum atomic E-state index is 5.86. The third kappa shape index (κ3) is 3.39. The zero-order chi connectivity index (χ0) is 18.0. The second kappa shape index (κ2) is 7.03. The van der Waals surface area contributed by atoms with Crippen LogP contribution in [0.1, 0.15) is 16.7 Å². The Morgan fingerprint density at radius 2 is 2.04 bits per heavy atom. The summed E-state index contributed by atoms with van der Waals surface area (Å²) in [7, 11) is 5.31. The first-order chi connectivity index (χ1) is 12.0. The minimum atomic E-state index is -0.161. The average molecular weight is 340 g/mol. The molecule has 6 nitrogen and oxygen atoms in total. The molecule has 0 saturated carbocycles. The van der Waals surface area contributed by atoms with Crippen LogP contribution in [0.15, 0.2) is 35.3 Å². The van der Waals surface area contributed by atoms with Crippen molar-refractivity contribution in [3.05, 3.63) is 47.0 Å². The van der Waals surface area contributed by atoms with Gasteiger partial charge in [0.2, 0.25) is 0 Å². The number of hydrogen-bond donors (Lipinski definition) is 2. The van der Waals surface area contributed by atoms with Gasteiger partial charge < -0.3 is 20.5 Å². The quantitative estimate of drug-likeness (QED) is 0.819. The van der Waals surface area contributed by atoms with E-state index >= 15 is 0 Å². The predicted molar refractivity (Wildman–Crippen MR) is 102 cm³/mol. The number of nitrogen functional groups attached to an aromatic ring is 1. The Balaban J connectivity index is 1.83. The molecule has 132 valence electrons. The van der Waals surface area contributed by atoms with E-state index in [1.54, 1.807) is 14.2 Å². The third-order valence-corrected chi connectivity index (χ3v) is 4.39. The minimum Gasteiger partial charge on any atom is -0.493 e. The number of benzene rings is 2. The van der Waals surface area contributed by atoms with Gasteiger partial charge in [0, 0.05) is 41.3 Å². The van der Waals surface area contributed by atoms with Crippen molar-refractivity contribution >= 4 is 17.6 Å². The molecule has 25 heavy (non-hydrogen) atoms. The molecule has 0 amide bonds. The van der Waals surface area contributed by atoms with Crippen molar-refractivity contribution in [2.75, 3.05) is 32.3 Å². The average Bonchev–Trinajstić information content (AvgIpc) is 2.61. The van der Waals surface area contributed by atoms with Crippen LogP contribution in [0, 0.1) is 6.92 Å². The Kier molecular flexibility index (Phi) is 4.81. The van der Waals surface area contributed by atoms with Gasteiger partial charge in [0.15, 0.2) is 17.8 Å². The van der Waals surface area contributed by atoms with Crippen LogP contribution in [0.5, 0.6) is 11.5 Å². The first kappa shape index (κ1) is 17.1. The van der Waals surface area contributed by atoms with Crippen LogP contribution in [0.2, 0.25) is 0 Å². The molecule has 0 aliphatic carbocycles. The molecular weight excluding hydrogens is 316 g/mol. The van der Waals surface area contributed by atoms with Gasteiger partial charge in [0.1, 0.15) is 0 Å². The summed E-state index contributed by atoms with van der Waals surface area (Å²) in [6.07, 6.45) is 1.73. The first-order valence-electron chi connectivity index (χ1n) is 8.13. The van der Waals surface area contributed by atoms with Crippen LogP contribution in [0.25, 0.3) is 0 Å². The van der Waals surface area contributed by atoms with E-state index in [4.69, 9.17) is 15.2 Å². The van der Waals surface area contributed by atoms with Crippen LogP contribution in [0.4, 0.5) is 11.4 Å². The highest BCUT2D eigenvalue weighted by Crippen LogP contribution is 2.38. The van der Waals surface area contributed by atoms with E-state index in [9.17, 15) is 0 Å². The van der Waals surface area contributed by atoms with Crippen LogP contribution in [-0.2, 0) is 6.54 Å². The molecule has 2 aromatic rings. The number of ether oxygens (including phenoxy) is 2. The van der Waals surface area contributed by atoms with Gasteiger partial charge in [-0.15, -0.1) is 0 Å². The van der Waals surface area contributed by atoms with E-state index in [0.29, 0.717) is 5.75 Å². The zero-order valence-electron chi connectivity index (χ0n) is 15.0. The van der Waals surface area contributed by atoms with E-state index < -0.39 is 0 Å². The van der Waals surface area contributed by atoms with E-state index in [-0.39, 0.29) is 6.29 Å². The summed E-state index contributed by atoms with van der Waals surface area (Å²) in [5, 5.41) is 3.46. The lowest BCUT2D eigenvalue weighted by Gasteiger charge is -2.31. The Bertz CT molecular complexity index is 804. The SMILES string of the molecule is COc1cc2c(c(C)c1OC)C=NC(N(C)Cc1cccc(N)c1)N2. The van der Waals surface area contributed by atoms with Gasteiger partial charge in [-0.2, -0.15) is 0 Å². The Hall–Kier alpha value is -2.73. The number of nitrogens with two attached hydrogens (primary N) is 1. The molecule has 1 unspecified atom stereocenters. The highest BCUT2D eigenvalue weighted by molar-refractivity contribution is 5.93. The van der Waals surface area contributed by atoms with Crippen LogP contribution in [0.3, 0.4) is 0 Å². The normalized spacial score (nSPS) is 15.6. The molecule has 0 radical (unpaired) electrons. The minimum absolute atomic E-state index is 0.161. The van der Waals surface area contributed by atoms with Crippen LogP contribution >= 0.6 is 0 Å². The van der Waals surface area contributed by atoms with Crippen molar-refractivity contribution in [1.29, 1.82) is 0 Å². The lowest BCUT2D eigenvalue weighted by Crippen LogP contribution is -2.38. The molecule has 0 fully saturated rings. The number of fused-ring (bicyclic) bond motifs is 1. The Morgan fingerprint density at radius 1 is 1.24 bits per heavy atom. The van der Waals surface area contributed by atoms with Crippen molar-refractivity contribution in [2.24, 2.45) is 4.99 Å². The number of hydrogen-bond acceptors (Lipinski definition) is 6. The van der Waals surface area contributed by atoms with Gasteiger partial charge >= 0.3 is 0 Å². The molecule has 1 atom stereocenters. The number of rotatable bonds is 5. The van der Waals surface area contributed by atoms with Crippen LogP contribution in [-0.4, -0.2) is 38.7 Å². The standard InChI is InChI=1S/C19H24N4O2/c1-12-15-10-21-19(22-16(15)9-17(24-3)18(12)25-4)23(2)11-13-6-5-7-14(20)8-13/h5-10,19,22H,11,20H2,1-4H3. The maximum absolute atomic E-state index is 5.86. The molecule has 1 aliphatic heterocycles. The van der Waals surface area contributed by atoms with Crippen molar-refractivity contribution in [3.63, 3.8) is 0 Å². The molecule has 3 N–H and O–H groups in total. The summed E-state index contributed by atoms with van der Waals surface area (Å²) in [5.74, 6) is 1.44. The predicted octanol–water partition coefficient (Wildman–Crippen LogP) is 2.85. The van der Waals surface area contributed by atoms with Crippen molar-refractivity contribution < 1.29 is 9.47 Å². The lowest BCUT2D eigenvalue weighted by atomic mass is 10.0. The second-order valence-corrected chi connectivity index (χ2v) is 6.15. The molecule has 0 spiro atoms. The van der Waals surface area contributed by atoms with Gasteiger partial charge in [0.25, 0.3) is 0 Å². The number of nitrogens with zero attached hydrogens (tertiary/aromatic N) is 2. The largest absolute Gasteiger partial charge is 0.493 e. The van der Waals surface area contributed by atoms with Gasteiger partial charge in [-0.3, -0.25) is 9.89 Å². The Morgan fingerprint density at radius 3 is 2.72 bits per heavy atom. The molecule has 0 saturated heterocycles. The van der Waals surface area contributed by atoms with Gasteiger partial charge in [-0.1, -0.05) is 12.1 Å². The number of methoxy groups -OCH3 is 2. The molecule has 0 aromatic heterocycles. The maximum Gasteiger partial charge on any atom is 0.176 e. The zero-order valence-corrected chi connectivity index (χ0v) is 15.0. The molecule has 1 aliphatic rings. The van der Waals surface area contributed by atoms with E-state index in [2.05, 4.69) is 21.3 Å². The number of aliphatic imine (C=N–C) groups is 1. The van der Waals surface area contributed by atoms with Crippen molar-refractivity contribution in [3.8, 4) is 11.5 Å². The molecule has 1 heterocycles. The third-order valence-electron chi connectivity index (χ3n) is 4.39. The van der Waals surface area contributed by atoms with Crippen molar-refractivity contribution in [1.82, 2.24) is 4.90 Å². The first-order valence-corrected chi connectivity index (χ1v) is 8.13.